The lowest BCUT2D eigenvalue weighted by Gasteiger charge is -2.30. The first kappa shape index (κ1) is 18.7. The van der Waals surface area contributed by atoms with E-state index in [0.717, 1.165) is 25.9 Å². The van der Waals surface area contributed by atoms with Gasteiger partial charge in [-0.05, 0) is 49.1 Å². The Kier molecular flexibility index (Phi) is 5.79. The summed E-state index contributed by atoms with van der Waals surface area (Å²) in [6, 6.07) is 9.62. The van der Waals surface area contributed by atoms with E-state index >= 15 is 0 Å². The Hall–Kier alpha value is -2.11. The van der Waals surface area contributed by atoms with Gasteiger partial charge in [0.15, 0.2) is 0 Å². The number of nitrogens with one attached hydrogen (secondary N) is 1. The summed E-state index contributed by atoms with van der Waals surface area (Å²) >= 11 is 11.9. The van der Waals surface area contributed by atoms with Crippen molar-refractivity contribution in [3.63, 3.8) is 0 Å². The highest BCUT2D eigenvalue weighted by atomic mass is 35.5. The molecule has 0 atom stereocenters. The maximum atomic E-state index is 12.6. The van der Waals surface area contributed by atoms with Crippen LogP contribution in [0.3, 0.4) is 0 Å². The number of benzene rings is 1. The zero-order chi connectivity index (χ0) is 18.7. The fourth-order valence-electron chi connectivity index (χ4n) is 2.88. The molecule has 136 valence electrons. The molecule has 0 radical (unpaired) electrons. The molecule has 0 aliphatic carbocycles. The summed E-state index contributed by atoms with van der Waals surface area (Å²) in [5.41, 5.74) is 0.907. The third-order valence-electron chi connectivity index (χ3n) is 4.39. The summed E-state index contributed by atoms with van der Waals surface area (Å²) in [4.78, 5) is 31.1. The van der Waals surface area contributed by atoms with Crippen molar-refractivity contribution in [1.82, 2.24) is 9.88 Å². The molecular formula is C19H19Cl2N3O2. The fraction of sp³-hybridized carbons (Fsp3) is 0.316. The second kappa shape index (κ2) is 8.06. The lowest BCUT2D eigenvalue weighted by Crippen LogP contribution is -2.38. The van der Waals surface area contributed by atoms with E-state index in [4.69, 9.17) is 23.2 Å². The Bertz CT molecular complexity index is 813. The molecule has 7 heteroatoms. The number of hydrogen-bond donors (Lipinski definition) is 1. The van der Waals surface area contributed by atoms with Gasteiger partial charge in [-0.3, -0.25) is 9.59 Å². The SMILES string of the molecule is CC1CCN(C(=O)c2cccc(C(=O)Nc3cc(Cl)cc(Cl)c3)n2)CC1. The molecule has 1 aromatic carbocycles. The van der Waals surface area contributed by atoms with Gasteiger partial charge >= 0.3 is 0 Å². The summed E-state index contributed by atoms with van der Waals surface area (Å²) in [5, 5.41) is 3.54. The number of carbonyl (C=O) groups excluding carboxylic acids is 2. The van der Waals surface area contributed by atoms with Crippen molar-refractivity contribution in [3.8, 4) is 0 Å². The molecule has 0 bridgehead atoms. The third kappa shape index (κ3) is 4.54. The predicted octanol–water partition coefficient (Wildman–Crippen LogP) is 4.51. The number of piperidine rings is 1. The van der Waals surface area contributed by atoms with Crippen molar-refractivity contribution in [2.75, 3.05) is 18.4 Å². The molecule has 26 heavy (non-hydrogen) atoms. The smallest absolute Gasteiger partial charge is 0.274 e. The van der Waals surface area contributed by atoms with Gasteiger partial charge in [-0.2, -0.15) is 0 Å². The molecule has 5 nitrogen and oxygen atoms in total. The summed E-state index contributed by atoms with van der Waals surface area (Å²) in [6.07, 6.45) is 1.98. The van der Waals surface area contributed by atoms with Crippen molar-refractivity contribution in [1.29, 1.82) is 0 Å². The largest absolute Gasteiger partial charge is 0.337 e. The van der Waals surface area contributed by atoms with E-state index in [9.17, 15) is 9.59 Å². The Morgan fingerprint density at radius 3 is 2.35 bits per heavy atom. The lowest BCUT2D eigenvalue weighted by molar-refractivity contribution is 0.0691. The zero-order valence-electron chi connectivity index (χ0n) is 14.3. The molecule has 2 amide bonds. The van der Waals surface area contributed by atoms with E-state index in [0.29, 0.717) is 21.7 Å². The van der Waals surface area contributed by atoms with Crippen LogP contribution in [-0.4, -0.2) is 34.8 Å². The topological polar surface area (TPSA) is 62.3 Å². The van der Waals surface area contributed by atoms with Crippen LogP contribution in [-0.2, 0) is 0 Å². The molecule has 1 aliphatic heterocycles. The first-order chi connectivity index (χ1) is 12.4. The zero-order valence-corrected chi connectivity index (χ0v) is 15.8. The maximum absolute atomic E-state index is 12.6. The Labute approximate surface area is 162 Å². The van der Waals surface area contributed by atoms with E-state index in [-0.39, 0.29) is 17.3 Å². The normalized spacial score (nSPS) is 15.0. The molecule has 0 saturated carbocycles. The average molecular weight is 392 g/mol. The summed E-state index contributed by atoms with van der Waals surface area (Å²) in [5.74, 6) is 0.0660. The highest BCUT2D eigenvalue weighted by Crippen LogP contribution is 2.23. The van der Waals surface area contributed by atoms with E-state index in [2.05, 4.69) is 17.2 Å². The van der Waals surface area contributed by atoms with E-state index in [1.54, 1.807) is 41.3 Å². The van der Waals surface area contributed by atoms with Gasteiger partial charge in [0.25, 0.3) is 11.8 Å². The number of aromatic nitrogens is 1. The summed E-state index contributed by atoms with van der Waals surface area (Å²) in [6.45, 7) is 3.63. The van der Waals surface area contributed by atoms with Crippen molar-refractivity contribution >= 4 is 40.7 Å². The average Bonchev–Trinajstić information content (AvgIpc) is 2.61. The van der Waals surface area contributed by atoms with Crippen LogP contribution in [0.2, 0.25) is 10.0 Å². The van der Waals surface area contributed by atoms with Crippen LogP contribution in [0.25, 0.3) is 0 Å². The highest BCUT2D eigenvalue weighted by molar-refractivity contribution is 6.35. The van der Waals surface area contributed by atoms with Crippen LogP contribution in [0.1, 0.15) is 40.7 Å². The predicted molar refractivity (Wildman–Crippen MR) is 103 cm³/mol. The number of hydrogen-bond acceptors (Lipinski definition) is 3. The van der Waals surface area contributed by atoms with Crippen molar-refractivity contribution in [2.45, 2.75) is 19.8 Å². The fourth-order valence-corrected chi connectivity index (χ4v) is 3.40. The van der Waals surface area contributed by atoms with Crippen LogP contribution in [0, 0.1) is 5.92 Å². The number of carbonyl (C=O) groups is 2. The number of anilines is 1. The van der Waals surface area contributed by atoms with Crippen LogP contribution in [0.4, 0.5) is 5.69 Å². The lowest BCUT2D eigenvalue weighted by atomic mass is 9.99. The molecule has 0 unspecified atom stereocenters. The van der Waals surface area contributed by atoms with E-state index in [1.807, 2.05) is 0 Å². The van der Waals surface area contributed by atoms with Crippen LogP contribution < -0.4 is 5.32 Å². The highest BCUT2D eigenvalue weighted by Gasteiger charge is 2.23. The number of nitrogens with zero attached hydrogens (tertiary/aromatic N) is 2. The number of amides is 2. The second-order valence-corrected chi connectivity index (χ2v) is 7.37. The third-order valence-corrected chi connectivity index (χ3v) is 4.83. The Morgan fingerprint density at radius 1 is 1.08 bits per heavy atom. The maximum Gasteiger partial charge on any atom is 0.274 e. The number of pyridine rings is 1. The first-order valence-corrected chi connectivity index (χ1v) is 9.22. The Balaban J connectivity index is 1.74. The van der Waals surface area contributed by atoms with Crippen molar-refractivity contribution in [2.24, 2.45) is 5.92 Å². The van der Waals surface area contributed by atoms with Crippen LogP contribution in [0.15, 0.2) is 36.4 Å². The number of likely N-dealkylation sites (tertiary alicyclic amines) is 1. The van der Waals surface area contributed by atoms with Gasteiger partial charge in [-0.15, -0.1) is 0 Å². The van der Waals surface area contributed by atoms with Gasteiger partial charge in [0.1, 0.15) is 11.4 Å². The standard InChI is InChI=1S/C19H19Cl2N3O2/c1-12-5-7-24(8-6-12)19(26)17-4-2-3-16(23-17)18(25)22-15-10-13(20)9-14(21)11-15/h2-4,9-12H,5-8H2,1H3,(H,22,25). The minimum absolute atomic E-state index is 0.141. The Morgan fingerprint density at radius 2 is 1.69 bits per heavy atom. The monoisotopic (exact) mass is 391 g/mol. The van der Waals surface area contributed by atoms with Gasteiger partial charge in [0.2, 0.25) is 0 Å². The molecule has 2 heterocycles. The quantitative estimate of drug-likeness (QED) is 0.836. The van der Waals surface area contributed by atoms with E-state index in [1.165, 1.54) is 0 Å². The molecular weight excluding hydrogens is 373 g/mol. The molecule has 1 fully saturated rings. The molecule has 1 saturated heterocycles. The number of rotatable bonds is 3. The minimum Gasteiger partial charge on any atom is -0.337 e. The molecule has 1 N–H and O–H groups in total. The first-order valence-electron chi connectivity index (χ1n) is 8.46. The molecule has 3 rings (SSSR count). The van der Waals surface area contributed by atoms with Crippen LogP contribution in [0.5, 0.6) is 0 Å². The van der Waals surface area contributed by atoms with Crippen LogP contribution >= 0.6 is 23.2 Å². The van der Waals surface area contributed by atoms with E-state index < -0.39 is 5.91 Å². The molecule has 0 spiro atoms. The van der Waals surface area contributed by atoms with Crippen molar-refractivity contribution < 1.29 is 9.59 Å². The second-order valence-electron chi connectivity index (χ2n) is 6.50. The minimum atomic E-state index is -0.426. The van der Waals surface area contributed by atoms with Gasteiger partial charge in [0.05, 0.1) is 0 Å². The summed E-state index contributed by atoms with van der Waals surface area (Å²) < 4.78 is 0. The van der Waals surface area contributed by atoms with Gasteiger partial charge in [-0.1, -0.05) is 36.2 Å². The molecule has 2 aromatic rings. The van der Waals surface area contributed by atoms with Crippen molar-refractivity contribution in [3.05, 3.63) is 57.8 Å². The van der Waals surface area contributed by atoms with Gasteiger partial charge in [0, 0.05) is 28.8 Å². The molecule has 1 aliphatic rings. The number of halogens is 2. The summed E-state index contributed by atoms with van der Waals surface area (Å²) in [7, 11) is 0. The molecule has 1 aromatic heterocycles. The van der Waals surface area contributed by atoms with Gasteiger partial charge < -0.3 is 10.2 Å². The van der Waals surface area contributed by atoms with Gasteiger partial charge in [-0.25, -0.2) is 4.98 Å².